The Kier molecular flexibility index (Phi) is 5.05. The van der Waals surface area contributed by atoms with Gasteiger partial charge < -0.3 is 25.4 Å². The quantitative estimate of drug-likeness (QED) is 0.667. The number of hydrogen-bond acceptors (Lipinski definition) is 5. The van der Waals surface area contributed by atoms with Gasteiger partial charge in [0.1, 0.15) is 5.69 Å². The molecular formula is C22H28N6O. The average molecular weight is 393 g/mol. The third kappa shape index (κ3) is 3.72. The molecule has 3 N–H and O–H groups in total. The standard InChI is InChI=1S/C22H28N6O/c1-15(2)26(3)20-5-4-8-24-21(20)27-9-11-28(12-10-27)22(29)19-14-16-13-17(23)6-7-18(16)25-19/h4-8,13-15,25H,9-12,23H2,1-3H3. The minimum Gasteiger partial charge on any atom is -0.399 e. The van der Waals surface area contributed by atoms with E-state index < -0.39 is 0 Å². The molecule has 1 aliphatic heterocycles. The summed E-state index contributed by atoms with van der Waals surface area (Å²) in [7, 11) is 2.09. The number of H-pyrrole nitrogens is 1. The molecule has 7 heteroatoms. The fraction of sp³-hybridized carbons (Fsp3) is 0.364. The van der Waals surface area contributed by atoms with E-state index in [0.29, 0.717) is 30.5 Å². The van der Waals surface area contributed by atoms with E-state index in [4.69, 9.17) is 5.73 Å². The minimum atomic E-state index is 0.0277. The fourth-order valence-corrected chi connectivity index (χ4v) is 3.74. The Balaban J connectivity index is 1.47. The van der Waals surface area contributed by atoms with Crippen molar-refractivity contribution in [3.05, 3.63) is 48.3 Å². The molecule has 0 bridgehead atoms. The van der Waals surface area contributed by atoms with Crippen LogP contribution in [0, 0.1) is 0 Å². The lowest BCUT2D eigenvalue weighted by atomic mass is 10.2. The first-order valence-corrected chi connectivity index (χ1v) is 10.0. The summed E-state index contributed by atoms with van der Waals surface area (Å²) >= 11 is 0. The Morgan fingerprint density at radius 1 is 1.17 bits per heavy atom. The van der Waals surface area contributed by atoms with Crippen LogP contribution in [0.2, 0.25) is 0 Å². The van der Waals surface area contributed by atoms with Gasteiger partial charge in [-0.15, -0.1) is 0 Å². The zero-order chi connectivity index (χ0) is 20.5. The second-order valence-electron chi connectivity index (χ2n) is 7.86. The maximum Gasteiger partial charge on any atom is 0.270 e. The van der Waals surface area contributed by atoms with Gasteiger partial charge in [-0.2, -0.15) is 0 Å². The molecule has 29 heavy (non-hydrogen) atoms. The van der Waals surface area contributed by atoms with Crippen LogP contribution in [0.5, 0.6) is 0 Å². The molecule has 1 saturated heterocycles. The molecule has 3 heterocycles. The summed E-state index contributed by atoms with van der Waals surface area (Å²) in [5, 5.41) is 0.960. The number of pyridine rings is 1. The lowest BCUT2D eigenvalue weighted by Crippen LogP contribution is -2.49. The predicted molar refractivity (Wildman–Crippen MR) is 119 cm³/mol. The van der Waals surface area contributed by atoms with Gasteiger partial charge in [0.15, 0.2) is 5.82 Å². The number of nitrogens with zero attached hydrogens (tertiary/aromatic N) is 4. The third-order valence-corrected chi connectivity index (χ3v) is 5.66. The van der Waals surface area contributed by atoms with E-state index >= 15 is 0 Å². The van der Waals surface area contributed by atoms with Gasteiger partial charge in [0.05, 0.1) is 5.69 Å². The summed E-state index contributed by atoms with van der Waals surface area (Å²) in [5.41, 5.74) is 9.20. The van der Waals surface area contributed by atoms with Gasteiger partial charge in [-0.3, -0.25) is 4.79 Å². The Morgan fingerprint density at radius 3 is 2.66 bits per heavy atom. The largest absolute Gasteiger partial charge is 0.399 e. The molecule has 0 aliphatic carbocycles. The van der Waals surface area contributed by atoms with E-state index in [1.807, 2.05) is 41.4 Å². The average Bonchev–Trinajstić information content (AvgIpc) is 3.16. The number of piperazine rings is 1. The molecule has 1 fully saturated rings. The number of nitrogens with one attached hydrogen (secondary N) is 1. The van der Waals surface area contributed by atoms with Crippen LogP contribution in [0.4, 0.5) is 17.2 Å². The van der Waals surface area contributed by atoms with E-state index in [1.54, 1.807) is 0 Å². The highest BCUT2D eigenvalue weighted by Crippen LogP contribution is 2.28. The van der Waals surface area contributed by atoms with Crippen molar-refractivity contribution in [1.82, 2.24) is 14.9 Å². The highest BCUT2D eigenvalue weighted by molar-refractivity contribution is 5.98. The number of amides is 1. The number of carbonyl (C=O) groups is 1. The Morgan fingerprint density at radius 2 is 1.93 bits per heavy atom. The number of nitrogens with two attached hydrogens (primary N) is 1. The first-order valence-electron chi connectivity index (χ1n) is 10.0. The van der Waals surface area contributed by atoms with Crippen molar-refractivity contribution >= 4 is 34.0 Å². The Bertz CT molecular complexity index is 1020. The van der Waals surface area contributed by atoms with Gasteiger partial charge in [-0.25, -0.2) is 4.98 Å². The molecular weight excluding hydrogens is 364 g/mol. The molecule has 1 aromatic carbocycles. The number of anilines is 3. The van der Waals surface area contributed by atoms with Gasteiger partial charge in [0.2, 0.25) is 0 Å². The Labute approximate surface area is 171 Å². The van der Waals surface area contributed by atoms with Crippen LogP contribution in [0.25, 0.3) is 10.9 Å². The molecule has 2 aromatic heterocycles. The Hall–Kier alpha value is -3.22. The molecule has 152 valence electrons. The fourth-order valence-electron chi connectivity index (χ4n) is 3.74. The number of hydrogen-bond donors (Lipinski definition) is 2. The van der Waals surface area contributed by atoms with E-state index in [0.717, 1.165) is 35.5 Å². The molecule has 0 spiro atoms. The molecule has 0 radical (unpaired) electrons. The molecule has 4 rings (SSSR count). The molecule has 0 unspecified atom stereocenters. The summed E-state index contributed by atoms with van der Waals surface area (Å²) in [5.74, 6) is 1.01. The van der Waals surface area contributed by atoms with Crippen molar-refractivity contribution in [1.29, 1.82) is 0 Å². The van der Waals surface area contributed by atoms with Crippen LogP contribution in [-0.4, -0.2) is 60.0 Å². The van der Waals surface area contributed by atoms with E-state index in [9.17, 15) is 4.79 Å². The number of nitrogen functional groups attached to an aromatic ring is 1. The molecule has 3 aromatic rings. The maximum absolute atomic E-state index is 13.0. The first kappa shape index (κ1) is 19.1. The predicted octanol–water partition coefficient (Wildman–Crippen LogP) is 2.95. The number of carbonyl (C=O) groups excluding carboxylic acids is 1. The van der Waals surface area contributed by atoms with Gasteiger partial charge in [0.25, 0.3) is 5.91 Å². The third-order valence-electron chi connectivity index (χ3n) is 5.66. The van der Waals surface area contributed by atoms with Crippen LogP contribution in [-0.2, 0) is 0 Å². The lowest BCUT2D eigenvalue weighted by molar-refractivity contribution is 0.0741. The maximum atomic E-state index is 13.0. The van der Waals surface area contributed by atoms with E-state index in [1.165, 1.54) is 0 Å². The lowest BCUT2D eigenvalue weighted by Gasteiger charge is -2.37. The van der Waals surface area contributed by atoms with Crippen LogP contribution in [0.3, 0.4) is 0 Å². The van der Waals surface area contributed by atoms with Crippen LogP contribution in [0.1, 0.15) is 24.3 Å². The first-order chi connectivity index (χ1) is 13.9. The van der Waals surface area contributed by atoms with Crippen molar-refractivity contribution < 1.29 is 4.79 Å². The van der Waals surface area contributed by atoms with E-state index in [-0.39, 0.29) is 5.91 Å². The van der Waals surface area contributed by atoms with Crippen molar-refractivity contribution in [3.63, 3.8) is 0 Å². The van der Waals surface area contributed by atoms with Crippen molar-refractivity contribution in [3.8, 4) is 0 Å². The van der Waals surface area contributed by atoms with Gasteiger partial charge in [-0.1, -0.05) is 0 Å². The highest BCUT2D eigenvalue weighted by atomic mass is 16.2. The number of fused-ring (bicyclic) bond motifs is 1. The van der Waals surface area contributed by atoms with Gasteiger partial charge in [0, 0.05) is 62.1 Å². The number of aromatic nitrogens is 2. The summed E-state index contributed by atoms with van der Waals surface area (Å²) in [4.78, 5) is 27.2. The topological polar surface area (TPSA) is 81.5 Å². The molecule has 1 amide bonds. The molecule has 0 saturated carbocycles. The zero-order valence-electron chi connectivity index (χ0n) is 17.2. The monoisotopic (exact) mass is 392 g/mol. The van der Waals surface area contributed by atoms with Crippen molar-refractivity contribution in [2.45, 2.75) is 19.9 Å². The number of benzene rings is 1. The van der Waals surface area contributed by atoms with Crippen LogP contribution < -0.4 is 15.5 Å². The molecule has 1 aliphatic rings. The summed E-state index contributed by atoms with van der Waals surface area (Å²) < 4.78 is 0. The summed E-state index contributed by atoms with van der Waals surface area (Å²) in [6.07, 6.45) is 1.83. The van der Waals surface area contributed by atoms with Crippen LogP contribution >= 0.6 is 0 Å². The SMILES string of the molecule is CC(C)N(C)c1cccnc1N1CCN(C(=O)c2cc3cc(N)ccc3[nH]2)CC1. The normalized spacial score (nSPS) is 14.6. The molecule has 7 nitrogen and oxygen atoms in total. The number of aromatic amines is 1. The minimum absolute atomic E-state index is 0.0277. The van der Waals surface area contributed by atoms with E-state index in [2.05, 4.69) is 46.7 Å². The highest BCUT2D eigenvalue weighted by Gasteiger charge is 2.26. The zero-order valence-corrected chi connectivity index (χ0v) is 17.2. The van der Waals surface area contributed by atoms with Crippen molar-refractivity contribution in [2.24, 2.45) is 0 Å². The van der Waals surface area contributed by atoms with Gasteiger partial charge in [-0.05, 0) is 50.2 Å². The molecule has 0 atom stereocenters. The second-order valence-corrected chi connectivity index (χ2v) is 7.86. The number of rotatable bonds is 4. The summed E-state index contributed by atoms with van der Waals surface area (Å²) in [6.45, 7) is 7.18. The van der Waals surface area contributed by atoms with Crippen molar-refractivity contribution in [2.75, 3.05) is 48.8 Å². The second kappa shape index (κ2) is 7.66. The van der Waals surface area contributed by atoms with Gasteiger partial charge >= 0.3 is 0 Å². The summed E-state index contributed by atoms with van der Waals surface area (Å²) in [6, 6.07) is 12.0. The smallest absolute Gasteiger partial charge is 0.270 e. The van der Waals surface area contributed by atoms with Crippen LogP contribution in [0.15, 0.2) is 42.6 Å².